The zero-order valence-corrected chi connectivity index (χ0v) is 28.8. The van der Waals surface area contributed by atoms with Gasteiger partial charge < -0.3 is 43.1 Å². The van der Waals surface area contributed by atoms with Crippen molar-refractivity contribution in [2.45, 2.75) is 25.6 Å². The molecule has 4 rings (SSSR count). The lowest BCUT2D eigenvalue weighted by atomic mass is 10.1. The first-order valence-electron chi connectivity index (χ1n) is 15.3. The molecule has 0 saturated carbocycles. The molecular weight excluding hydrogens is 637 g/mol. The Morgan fingerprint density at radius 1 is 0.717 bits per heavy atom. The van der Waals surface area contributed by atoms with Gasteiger partial charge >= 0.3 is 0 Å². The van der Waals surface area contributed by atoms with Gasteiger partial charge in [-0.3, -0.25) is 0 Å². The van der Waals surface area contributed by atoms with Crippen LogP contribution in [0.4, 0.5) is 17.7 Å². The van der Waals surface area contributed by atoms with Gasteiger partial charge in [0.1, 0.15) is 12.1 Å². The number of methoxy groups -OCH3 is 5. The Morgan fingerprint density at radius 3 is 1.78 bits per heavy atom. The highest BCUT2D eigenvalue weighted by Crippen LogP contribution is 2.34. The van der Waals surface area contributed by atoms with Crippen LogP contribution in [-0.2, 0) is 30.3 Å². The third kappa shape index (κ3) is 9.63. The first kappa shape index (κ1) is 36.1. The van der Waals surface area contributed by atoms with Crippen LogP contribution >= 0.6 is 23.2 Å². The van der Waals surface area contributed by atoms with Crippen molar-refractivity contribution in [3.05, 3.63) is 33.8 Å². The number of benzene rings is 1. The van der Waals surface area contributed by atoms with Crippen LogP contribution in [0.1, 0.15) is 18.4 Å². The summed E-state index contributed by atoms with van der Waals surface area (Å²) in [7, 11) is 8.43. The van der Waals surface area contributed by atoms with Crippen molar-refractivity contribution in [3.8, 4) is 5.88 Å². The minimum absolute atomic E-state index is 0.184. The zero-order valence-electron chi connectivity index (χ0n) is 27.3. The van der Waals surface area contributed by atoms with Crippen LogP contribution in [0, 0.1) is 0 Å². The molecule has 2 aromatic heterocycles. The Balaban J connectivity index is 1.89. The zero-order chi connectivity index (χ0) is 32.9. The molecule has 15 heteroatoms. The number of hydrogen-bond donors (Lipinski definition) is 0. The number of halogens is 2. The van der Waals surface area contributed by atoms with Crippen LogP contribution in [0.25, 0.3) is 11.0 Å². The van der Waals surface area contributed by atoms with E-state index in [1.807, 2.05) is 15.9 Å². The highest BCUT2D eigenvalue weighted by Gasteiger charge is 2.27. The molecule has 1 aromatic carbocycles. The maximum atomic E-state index is 6.44. The predicted octanol–water partition coefficient (Wildman–Crippen LogP) is 4.12. The molecule has 0 radical (unpaired) electrons. The molecule has 0 bridgehead atoms. The summed E-state index contributed by atoms with van der Waals surface area (Å²) in [5.41, 5.74) is 1.92. The molecule has 0 spiro atoms. The molecule has 1 saturated heterocycles. The average Bonchev–Trinajstić information content (AvgIpc) is 3.08. The summed E-state index contributed by atoms with van der Waals surface area (Å²) >= 11 is 12.5. The lowest BCUT2D eigenvalue weighted by Gasteiger charge is -2.33. The Hall–Kier alpha value is -2.78. The van der Waals surface area contributed by atoms with Gasteiger partial charge in [0, 0.05) is 74.8 Å². The maximum Gasteiger partial charge on any atom is 0.246 e. The lowest BCUT2D eigenvalue weighted by Crippen LogP contribution is -2.38. The van der Waals surface area contributed by atoms with E-state index in [0.29, 0.717) is 97.3 Å². The molecule has 13 nitrogen and oxygen atoms in total. The monoisotopic (exact) mass is 681 g/mol. The van der Waals surface area contributed by atoms with Crippen LogP contribution in [0.2, 0.25) is 10.0 Å². The average molecular weight is 683 g/mol. The van der Waals surface area contributed by atoms with Crippen LogP contribution < -0.4 is 19.4 Å². The number of nitrogens with zero attached hydrogens (tertiary/aromatic N) is 7. The number of aromatic nitrogens is 4. The summed E-state index contributed by atoms with van der Waals surface area (Å²) in [5, 5.41) is 0.915. The van der Waals surface area contributed by atoms with Crippen LogP contribution in [-0.4, -0.2) is 127 Å². The fourth-order valence-corrected chi connectivity index (χ4v) is 5.39. The first-order valence-corrected chi connectivity index (χ1v) is 16.1. The molecule has 0 atom stereocenters. The molecule has 1 fully saturated rings. The number of piperidine rings is 1. The van der Waals surface area contributed by atoms with Gasteiger partial charge in [-0.15, -0.1) is 0 Å². The van der Waals surface area contributed by atoms with Gasteiger partial charge in [0.2, 0.25) is 17.8 Å². The van der Waals surface area contributed by atoms with Gasteiger partial charge in [-0.1, -0.05) is 29.3 Å². The van der Waals surface area contributed by atoms with Crippen molar-refractivity contribution < 1.29 is 28.4 Å². The largest absolute Gasteiger partial charge is 0.471 e. The number of rotatable bonds is 19. The van der Waals surface area contributed by atoms with E-state index < -0.39 is 0 Å². The Labute approximate surface area is 281 Å². The molecule has 0 unspecified atom stereocenters. The normalized spacial score (nSPS) is 13.8. The molecule has 0 N–H and O–H groups in total. The number of hydrogen-bond acceptors (Lipinski definition) is 13. The van der Waals surface area contributed by atoms with Gasteiger partial charge in [0.15, 0.2) is 11.3 Å². The smallest absolute Gasteiger partial charge is 0.246 e. The Bertz CT molecular complexity index is 1370. The maximum absolute atomic E-state index is 6.44. The fourth-order valence-electron chi connectivity index (χ4n) is 5.07. The van der Waals surface area contributed by atoms with E-state index in [1.165, 1.54) is 0 Å². The molecule has 1 aliphatic rings. The first-order chi connectivity index (χ1) is 22.4. The van der Waals surface area contributed by atoms with Gasteiger partial charge in [0.05, 0.1) is 42.6 Å². The minimum atomic E-state index is 0.184. The predicted molar refractivity (Wildman–Crippen MR) is 180 cm³/mol. The van der Waals surface area contributed by atoms with Crippen molar-refractivity contribution in [2.75, 3.05) is 116 Å². The van der Waals surface area contributed by atoms with Gasteiger partial charge in [0.25, 0.3) is 0 Å². The van der Waals surface area contributed by atoms with E-state index in [1.54, 1.807) is 47.7 Å². The second kappa shape index (κ2) is 18.5. The third-order valence-electron chi connectivity index (χ3n) is 7.73. The van der Waals surface area contributed by atoms with E-state index in [4.69, 9.17) is 71.6 Å². The van der Waals surface area contributed by atoms with Gasteiger partial charge in [-0.25, -0.2) is 9.97 Å². The summed E-state index contributed by atoms with van der Waals surface area (Å²) < 4.78 is 33.7. The van der Waals surface area contributed by atoms with Crippen LogP contribution in [0.3, 0.4) is 0 Å². The molecule has 1 aliphatic heterocycles. The van der Waals surface area contributed by atoms with Crippen molar-refractivity contribution in [1.82, 2.24) is 19.9 Å². The quantitative estimate of drug-likeness (QED) is 0.181. The third-order valence-corrected chi connectivity index (χ3v) is 8.47. The van der Waals surface area contributed by atoms with Crippen LogP contribution in [0.5, 0.6) is 5.88 Å². The Kier molecular flexibility index (Phi) is 14.5. The molecule has 3 aromatic rings. The second-order valence-electron chi connectivity index (χ2n) is 10.8. The van der Waals surface area contributed by atoms with E-state index in [-0.39, 0.29) is 12.7 Å². The van der Waals surface area contributed by atoms with Crippen molar-refractivity contribution >= 4 is 51.9 Å². The highest BCUT2D eigenvalue weighted by molar-refractivity contribution is 6.42. The topological polar surface area (TPSA) is 117 Å². The van der Waals surface area contributed by atoms with Crippen LogP contribution in [0.15, 0.2) is 18.2 Å². The SMILES string of the molecule is COCCN(CCOC)c1nc(N2CCC(OC)CC2)c2nc(N(CCOC)CCOC)nc(OCc3ccc(Cl)c(Cl)c3)c2n1. The molecule has 46 heavy (non-hydrogen) atoms. The summed E-state index contributed by atoms with van der Waals surface area (Å²) in [6, 6.07) is 5.39. The van der Waals surface area contributed by atoms with E-state index >= 15 is 0 Å². The summed E-state index contributed by atoms with van der Waals surface area (Å²) in [4.78, 5) is 26.4. The molecule has 0 aliphatic carbocycles. The minimum Gasteiger partial charge on any atom is -0.471 e. The fraction of sp³-hybridized carbons (Fsp3) is 0.613. The summed E-state index contributed by atoms with van der Waals surface area (Å²) in [6.07, 6.45) is 1.92. The number of ether oxygens (including phenoxy) is 6. The van der Waals surface area contributed by atoms with Gasteiger partial charge in [-0.2, -0.15) is 9.97 Å². The van der Waals surface area contributed by atoms with E-state index in [9.17, 15) is 0 Å². The number of fused-ring (bicyclic) bond motifs is 1. The Morgan fingerprint density at radius 2 is 1.26 bits per heavy atom. The molecular formula is C31H45Cl2N7O6. The lowest BCUT2D eigenvalue weighted by molar-refractivity contribution is 0.0818. The van der Waals surface area contributed by atoms with Crippen molar-refractivity contribution in [2.24, 2.45) is 0 Å². The second-order valence-corrected chi connectivity index (χ2v) is 11.6. The van der Waals surface area contributed by atoms with Crippen molar-refractivity contribution in [1.29, 1.82) is 0 Å². The summed E-state index contributed by atoms with van der Waals surface area (Å²) in [6.45, 7) is 5.84. The highest BCUT2D eigenvalue weighted by atomic mass is 35.5. The summed E-state index contributed by atoms with van der Waals surface area (Å²) in [5.74, 6) is 2.00. The van der Waals surface area contributed by atoms with E-state index in [2.05, 4.69) is 4.90 Å². The standard InChI is InChI=1S/C31H45Cl2N7O6/c1-41-16-12-39(13-17-42-2)30-35-27-26(28(36-30)38-10-8-23(45-5)9-11-38)34-31(40(14-18-43-3)15-19-44-4)37-29(27)46-21-22-6-7-24(32)25(33)20-22/h6-7,20,23H,8-19,21H2,1-5H3. The number of anilines is 3. The van der Waals surface area contributed by atoms with Crippen molar-refractivity contribution in [3.63, 3.8) is 0 Å². The molecule has 254 valence electrons. The van der Waals surface area contributed by atoms with E-state index in [0.717, 1.165) is 31.5 Å². The molecule has 0 amide bonds. The molecule has 3 heterocycles. The van der Waals surface area contributed by atoms with Gasteiger partial charge in [-0.05, 0) is 30.5 Å².